The van der Waals surface area contributed by atoms with Crippen LogP contribution in [-0.4, -0.2) is 27.0 Å². The molecule has 0 unspecified atom stereocenters. The minimum atomic E-state index is -0.643. The number of aryl methyl sites for hydroxylation is 2. The number of hydrogen-bond acceptors (Lipinski definition) is 5. The van der Waals surface area contributed by atoms with Gasteiger partial charge in [0.25, 0.3) is 0 Å². The first kappa shape index (κ1) is 14.7. The van der Waals surface area contributed by atoms with Crippen LogP contribution < -0.4 is 4.90 Å². The largest absolute Gasteiger partial charge is 0.291 e. The molecule has 0 saturated heterocycles. The fourth-order valence-corrected chi connectivity index (χ4v) is 3.75. The van der Waals surface area contributed by atoms with Gasteiger partial charge in [0, 0.05) is 23.9 Å². The van der Waals surface area contributed by atoms with E-state index in [4.69, 9.17) is 0 Å². The maximum absolute atomic E-state index is 12.6. The summed E-state index contributed by atoms with van der Waals surface area (Å²) in [7, 11) is 0. The number of ketones is 1. The number of rotatable bonds is 2. The summed E-state index contributed by atoms with van der Waals surface area (Å²) >= 11 is 1.21. The van der Waals surface area contributed by atoms with Crippen molar-refractivity contribution < 1.29 is 9.59 Å². The van der Waals surface area contributed by atoms with Gasteiger partial charge in [0.1, 0.15) is 0 Å². The molecule has 1 aromatic heterocycles. The van der Waals surface area contributed by atoms with Crippen LogP contribution in [0.5, 0.6) is 0 Å². The summed E-state index contributed by atoms with van der Waals surface area (Å²) < 4.78 is 0. The lowest BCUT2D eigenvalue weighted by molar-refractivity contribution is -0.116. The molecule has 1 aromatic carbocycles. The summed E-state index contributed by atoms with van der Waals surface area (Å²) in [4.78, 5) is 34.8. The van der Waals surface area contributed by atoms with E-state index in [9.17, 15) is 9.59 Å². The Kier molecular flexibility index (Phi) is 3.70. The number of fused-ring (bicyclic) bond motifs is 1. The molecule has 22 heavy (non-hydrogen) atoms. The zero-order chi connectivity index (χ0) is 15.9. The van der Waals surface area contributed by atoms with Crippen LogP contribution in [0, 0.1) is 13.8 Å². The molecular weight excluding hydrogens is 298 g/mol. The molecule has 1 atom stereocenters. The summed E-state index contributed by atoms with van der Waals surface area (Å²) in [5, 5.41) is -0.133. The zero-order valence-corrected chi connectivity index (χ0v) is 13.3. The molecule has 0 aliphatic carbocycles. The molecule has 1 aliphatic rings. The van der Waals surface area contributed by atoms with Crippen molar-refractivity contribution in [3.63, 3.8) is 0 Å². The molecule has 1 aliphatic heterocycles. The van der Waals surface area contributed by atoms with Gasteiger partial charge in [0.15, 0.2) is 16.3 Å². The number of thioether (sulfide) groups is 1. The van der Waals surface area contributed by atoms with E-state index in [0.717, 1.165) is 11.4 Å². The van der Waals surface area contributed by atoms with Crippen LogP contribution in [0.3, 0.4) is 0 Å². The highest BCUT2D eigenvalue weighted by Crippen LogP contribution is 2.38. The van der Waals surface area contributed by atoms with Gasteiger partial charge in [-0.3, -0.25) is 14.5 Å². The Morgan fingerprint density at radius 1 is 1.18 bits per heavy atom. The van der Waals surface area contributed by atoms with Gasteiger partial charge in [-0.1, -0.05) is 23.9 Å². The number of carbonyl (C=O) groups is 2. The smallest absolute Gasteiger partial charge is 0.225 e. The quantitative estimate of drug-likeness (QED) is 0.798. The molecule has 112 valence electrons. The summed E-state index contributed by atoms with van der Waals surface area (Å²) in [6.07, 6.45) is 0. The molecule has 3 rings (SSSR count). The fraction of sp³-hybridized carbons (Fsp3) is 0.250. The van der Waals surface area contributed by atoms with E-state index in [2.05, 4.69) is 9.97 Å². The summed E-state index contributed by atoms with van der Waals surface area (Å²) in [6.45, 7) is 5.23. The van der Waals surface area contributed by atoms with Crippen molar-refractivity contribution in [1.29, 1.82) is 0 Å². The molecule has 2 heterocycles. The molecule has 0 bridgehead atoms. The van der Waals surface area contributed by atoms with Gasteiger partial charge < -0.3 is 0 Å². The Hall–Kier alpha value is -2.21. The first-order chi connectivity index (χ1) is 10.5. The predicted molar refractivity (Wildman–Crippen MR) is 85.1 cm³/mol. The number of hydrogen-bond donors (Lipinski definition) is 0. The van der Waals surface area contributed by atoms with E-state index >= 15 is 0 Å². The fourth-order valence-electron chi connectivity index (χ4n) is 2.56. The highest BCUT2D eigenvalue weighted by Gasteiger charge is 2.40. The van der Waals surface area contributed by atoms with E-state index in [1.807, 2.05) is 26.0 Å². The van der Waals surface area contributed by atoms with Gasteiger partial charge >= 0.3 is 0 Å². The number of nitrogens with zero attached hydrogens (tertiary/aromatic N) is 3. The van der Waals surface area contributed by atoms with Gasteiger partial charge in [0.05, 0.1) is 5.69 Å². The SMILES string of the molecule is CC(=O)N1c2ccccc2C(=O)[C@@H]1Sc1nc(C)cc(C)n1. The topological polar surface area (TPSA) is 63.2 Å². The maximum atomic E-state index is 12.6. The second-order valence-electron chi connectivity index (χ2n) is 5.17. The van der Waals surface area contributed by atoms with E-state index in [0.29, 0.717) is 16.4 Å². The van der Waals surface area contributed by atoms with Gasteiger partial charge in [-0.2, -0.15) is 0 Å². The average molecular weight is 313 g/mol. The third kappa shape index (κ3) is 2.50. The lowest BCUT2D eigenvalue weighted by Gasteiger charge is -2.21. The molecule has 5 nitrogen and oxygen atoms in total. The number of amides is 1. The highest BCUT2D eigenvalue weighted by atomic mass is 32.2. The van der Waals surface area contributed by atoms with Crippen molar-refractivity contribution in [3.8, 4) is 0 Å². The first-order valence-electron chi connectivity index (χ1n) is 6.89. The number of Topliss-reactive ketones (excluding diaryl/α,β-unsaturated/α-hetero) is 1. The van der Waals surface area contributed by atoms with Crippen LogP contribution in [0.25, 0.3) is 0 Å². The molecule has 2 aromatic rings. The number of aromatic nitrogens is 2. The second-order valence-corrected chi connectivity index (χ2v) is 6.22. The number of benzene rings is 1. The van der Waals surface area contributed by atoms with Crippen molar-refractivity contribution in [2.75, 3.05) is 4.90 Å². The van der Waals surface area contributed by atoms with Crippen molar-refractivity contribution in [2.45, 2.75) is 31.3 Å². The van der Waals surface area contributed by atoms with Crippen molar-refractivity contribution in [3.05, 3.63) is 47.3 Å². The summed E-state index contributed by atoms with van der Waals surface area (Å²) in [5.41, 5.74) is 2.90. The third-order valence-electron chi connectivity index (χ3n) is 3.41. The first-order valence-corrected chi connectivity index (χ1v) is 7.77. The second kappa shape index (κ2) is 5.53. The molecule has 0 N–H and O–H groups in total. The zero-order valence-electron chi connectivity index (χ0n) is 12.5. The molecule has 6 heteroatoms. The lowest BCUT2D eigenvalue weighted by Crippen LogP contribution is -2.36. The van der Waals surface area contributed by atoms with Gasteiger partial charge in [-0.25, -0.2) is 9.97 Å². The van der Waals surface area contributed by atoms with E-state index < -0.39 is 5.37 Å². The molecular formula is C16H15N3O2S. The van der Waals surface area contributed by atoms with Crippen LogP contribution >= 0.6 is 11.8 Å². The number of anilines is 1. The molecule has 0 radical (unpaired) electrons. The average Bonchev–Trinajstić information content (AvgIpc) is 2.71. The Morgan fingerprint density at radius 3 is 2.45 bits per heavy atom. The van der Waals surface area contributed by atoms with Gasteiger partial charge in [0.2, 0.25) is 5.91 Å². The highest BCUT2D eigenvalue weighted by molar-refractivity contribution is 8.00. The van der Waals surface area contributed by atoms with E-state index in [1.165, 1.54) is 23.6 Å². The molecule has 0 fully saturated rings. The molecule has 0 spiro atoms. The van der Waals surface area contributed by atoms with Crippen molar-refractivity contribution in [1.82, 2.24) is 9.97 Å². The standard InChI is InChI=1S/C16H15N3O2S/c1-9-8-10(2)18-16(17-9)22-15-14(21)12-6-4-5-7-13(12)19(15)11(3)20/h4-8,15H,1-3H3/t15-/m0/s1. The van der Waals surface area contributed by atoms with Crippen molar-refractivity contribution in [2.24, 2.45) is 0 Å². The Bertz CT molecular complexity index is 755. The number of para-hydroxylation sites is 1. The predicted octanol–water partition coefficient (Wildman–Crippen LogP) is 2.76. The Balaban J connectivity index is 2.00. The van der Waals surface area contributed by atoms with Crippen LogP contribution in [0.1, 0.15) is 28.7 Å². The number of carbonyl (C=O) groups excluding carboxylic acids is 2. The normalized spacial score (nSPS) is 16.8. The Morgan fingerprint density at radius 2 is 1.82 bits per heavy atom. The minimum Gasteiger partial charge on any atom is -0.291 e. The third-order valence-corrected chi connectivity index (χ3v) is 4.45. The van der Waals surface area contributed by atoms with Crippen LogP contribution in [0.15, 0.2) is 35.5 Å². The van der Waals surface area contributed by atoms with E-state index in [-0.39, 0.29) is 11.7 Å². The summed E-state index contributed by atoms with van der Waals surface area (Å²) in [6, 6.07) is 9.03. The van der Waals surface area contributed by atoms with Gasteiger partial charge in [-0.15, -0.1) is 0 Å². The van der Waals surface area contributed by atoms with Crippen molar-refractivity contribution >= 4 is 29.1 Å². The van der Waals surface area contributed by atoms with Crippen LogP contribution in [-0.2, 0) is 4.79 Å². The minimum absolute atomic E-state index is 0.0847. The maximum Gasteiger partial charge on any atom is 0.225 e. The van der Waals surface area contributed by atoms with E-state index in [1.54, 1.807) is 18.2 Å². The lowest BCUT2D eigenvalue weighted by atomic mass is 10.1. The van der Waals surface area contributed by atoms with Gasteiger partial charge in [-0.05, 0) is 32.0 Å². The monoisotopic (exact) mass is 313 g/mol. The van der Waals surface area contributed by atoms with Crippen LogP contribution in [0.2, 0.25) is 0 Å². The molecule has 1 amide bonds. The Labute approximate surface area is 132 Å². The van der Waals surface area contributed by atoms with Crippen LogP contribution in [0.4, 0.5) is 5.69 Å². The molecule has 0 saturated carbocycles. The summed E-state index contributed by atoms with van der Waals surface area (Å²) in [5.74, 6) is -0.251.